The van der Waals surface area contributed by atoms with Crippen LogP contribution in [0.3, 0.4) is 0 Å². The lowest BCUT2D eigenvalue weighted by molar-refractivity contribution is -0.139. The Morgan fingerprint density at radius 3 is 2.04 bits per heavy atom. The zero-order valence-corrected chi connectivity index (χ0v) is 15.7. The molecular formula is C18H36N2O4. The van der Waals surface area contributed by atoms with E-state index in [-0.39, 0.29) is 24.9 Å². The summed E-state index contributed by atoms with van der Waals surface area (Å²) < 4.78 is 0. The van der Waals surface area contributed by atoms with Gasteiger partial charge in [0.15, 0.2) is 0 Å². The highest BCUT2D eigenvalue weighted by Crippen LogP contribution is 2.20. The molecule has 6 heteroatoms. The summed E-state index contributed by atoms with van der Waals surface area (Å²) in [4.78, 5) is 23.9. The van der Waals surface area contributed by atoms with Crippen molar-refractivity contribution in [2.45, 2.75) is 77.8 Å². The van der Waals surface area contributed by atoms with Crippen LogP contribution in [0, 0.1) is 11.8 Å². The lowest BCUT2D eigenvalue weighted by Crippen LogP contribution is -2.36. The second kappa shape index (κ2) is 12.3. The fourth-order valence-corrected chi connectivity index (χ4v) is 3.24. The average Bonchev–Trinajstić information content (AvgIpc) is 2.42. The summed E-state index contributed by atoms with van der Waals surface area (Å²) in [6.45, 7) is 7.20. The van der Waals surface area contributed by atoms with Gasteiger partial charge in [0, 0.05) is 12.1 Å². The standard InChI is InChI=1S/C18H36N2O4/c1-5-6-13(2)10-16(12-18(23)24)20(4)8-7-14(3)9-15(19)11-17(21)22/h13-16H,5-12,19H2,1-4H3,(H,21,22)(H,23,24)/t13-,14?,15?,16+/m1/s1. The van der Waals surface area contributed by atoms with Gasteiger partial charge < -0.3 is 20.8 Å². The molecule has 0 fully saturated rings. The molecule has 6 nitrogen and oxygen atoms in total. The first-order valence-corrected chi connectivity index (χ1v) is 9.05. The third-order valence-electron chi connectivity index (χ3n) is 4.61. The monoisotopic (exact) mass is 344 g/mol. The van der Waals surface area contributed by atoms with E-state index in [1.165, 1.54) is 0 Å². The van der Waals surface area contributed by atoms with E-state index in [0.717, 1.165) is 32.2 Å². The lowest BCUT2D eigenvalue weighted by atomic mass is 9.93. The number of nitrogens with zero attached hydrogens (tertiary/aromatic N) is 1. The fourth-order valence-electron chi connectivity index (χ4n) is 3.24. The van der Waals surface area contributed by atoms with E-state index < -0.39 is 11.9 Å². The minimum atomic E-state index is -0.863. The summed E-state index contributed by atoms with van der Waals surface area (Å²) in [6.07, 6.45) is 4.85. The number of carbonyl (C=O) groups is 2. The van der Waals surface area contributed by atoms with Crippen LogP contribution in [0.5, 0.6) is 0 Å². The molecule has 0 bridgehead atoms. The normalized spacial score (nSPS) is 16.6. The molecule has 0 aliphatic carbocycles. The predicted molar refractivity (Wildman–Crippen MR) is 96.0 cm³/mol. The van der Waals surface area contributed by atoms with Crippen LogP contribution >= 0.6 is 0 Å². The van der Waals surface area contributed by atoms with Crippen molar-refractivity contribution in [1.29, 1.82) is 0 Å². The van der Waals surface area contributed by atoms with Crippen molar-refractivity contribution in [3.05, 3.63) is 0 Å². The van der Waals surface area contributed by atoms with Gasteiger partial charge in [0.05, 0.1) is 12.8 Å². The van der Waals surface area contributed by atoms with Crippen molar-refractivity contribution in [1.82, 2.24) is 4.90 Å². The largest absolute Gasteiger partial charge is 0.481 e. The van der Waals surface area contributed by atoms with Gasteiger partial charge in [0.1, 0.15) is 0 Å². The first kappa shape index (κ1) is 22.9. The Morgan fingerprint density at radius 1 is 1.00 bits per heavy atom. The maximum atomic E-state index is 11.1. The molecule has 0 spiro atoms. The summed E-state index contributed by atoms with van der Waals surface area (Å²) >= 11 is 0. The first-order valence-electron chi connectivity index (χ1n) is 9.05. The molecule has 4 atom stereocenters. The molecule has 2 unspecified atom stereocenters. The van der Waals surface area contributed by atoms with E-state index in [1.807, 2.05) is 7.05 Å². The summed E-state index contributed by atoms with van der Waals surface area (Å²) in [5.74, 6) is -0.783. The number of carboxylic acid groups (broad SMARTS) is 2. The van der Waals surface area contributed by atoms with Gasteiger partial charge in [-0.2, -0.15) is 0 Å². The Morgan fingerprint density at radius 2 is 1.54 bits per heavy atom. The van der Waals surface area contributed by atoms with Crippen LogP contribution in [-0.2, 0) is 9.59 Å². The summed E-state index contributed by atoms with van der Waals surface area (Å²) in [7, 11) is 1.98. The minimum absolute atomic E-state index is 0.00362. The molecule has 0 aliphatic rings. The van der Waals surface area contributed by atoms with E-state index in [0.29, 0.717) is 18.3 Å². The summed E-state index contributed by atoms with van der Waals surface area (Å²) in [5.41, 5.74) is 5.83. The molecule has 0 radical (unpaired) electrons. The molecule has 0 aromatic heterocycles. The number of aliphatic carboxylic acids is 2. The Kier molecular flexibility index (Phi) is 11.7. The Hall–Kier alpha value is -1.14. The molecule has 0 aromatic carbocycles. The molecule has 24 heavy (non-hydrogen) atoms. The van der Waals surface area contributed by atoms with Crippen LogP contribution in [0.25, 0.3) is 0 Å². The van der Waals surface area contributed by atoms with Crippen molar-refractivity contribution in [3.63, 3.8) is 0 Å². The SMILES string of the molecule is CCC[C@@H](C)C[C@@H](CC(=O)O)N(C)CCC(C)CC(N)CC(=O)O. The number of nitrogens with two attached hydrogens (primary N) is 1. The number of hydrogen-bond donors (Lipinski definition) is 3. The molecule has 0 heterocycles. The van der Waals surface area contributed by atoms with Crippen molar-refractivity contribution < 1.29 is 19.8 Å². The topological polar surface area (TPSA) is 104 Å². The maximum absolute atomic E-state index is 11.1. The Bertz CT molecular complexity index is 376. The lowest BCUT2D eigenvalue weighted by Gasteiger charge is -2.30. The van der Waals surface area contributed by atoms with Gasteiger partial charge in [0.2, 0.25) is 0 Å². The van der Waals surface area contributed by atoms with Gasteiger partial charge in [-0.3, -0.25) is 9.59 Å². The van der Waals surface area contributed by atoms with E-state index in [1.54, 1.807) is 0 Å². The van der Waals surface area contributed by atoms with Gasteiger partial charge >= 0.3 is 11.9 Å². The van der Waals surface area contributed by atoms with Crippen molar-refractivity contribution >= 4 is 11.9 Å². The molecule has 142 valence electrons. The average molecular weight is 344 g/mol. The maximum Gasteiger partial charge on any atom is 0.304 e. The van der Waals surface area contributed by atoms with E-state index in [2.05, 4.69) is 25.7 Å². The second-order valence-corrected chi connectivity index (χ2v) is 7.35. The van der Waals surface area contributed by atoms with Crippen LogP contribution < -0.4 is 5.73 Å². The van der Waals surface area contributed by atoms with E-state index >= 15 is 0 Å². The van der Waals surface area contributed by atoms with Gasteiger partial charge in [-0.05, 0) is 44.7 Å². The Balaban J connectivity index is 4.40. The number of carboxylic acids is 2. The van der Waals surface area contributed by atoms with Crippen LogP contribution in [0.4, 0.5) is 0 Å². The Labute approximate surface area is 146 Å². The minimum Gasteiger partial charge on any atom is -0.481 e. The second-order valence-electron chi connectivity index (χ2n) is 7.35. The molecule has 0 saturated heterocycles. The van der Waals surface area contributed by atoms with Gasteiger partial charge in [0.25, 0.3) is 0 Å². The van der Waals surface area contributed by atoms with Crippen molar-refractivity contribution in [2.75, 3.05) is 13.6 Å². The van der Waals surface area contributed by atoms with Gasteiger partial charge in [-0.1, -0.05) is 33.6 Å². The first-order chi connectivity index (χ1) is 11.1. The number of rotatable bonds is 14. The van der Waals surface area contributed by atoms with E-state index in [9.17, 15) is 9.59 Å². The van der Waals surface area contributed by atoms with Gasteiger partial charge in [-0.15, -0.1) is 0 Å². The molecule has 0 rings (SSSR count). The quantitative estimate of drug-likeness (QED) is 0.448. The zero-order chi connectivity index (χ0) is 18.7. The third-order valence-corrected chi connectivity index (χ3v) is 4.61. The predicted octanol–water partition coefficient (Wildman–Crippen LogP) is 2.81. The van der Waals surface area contributed by atoms with Crippen LogP contribution in [-0.4, -0.2) is 52.7 Å². The van der Waals surface area contributed by atoms with Crippen molar-refractivity contribution in [2.24, 2.45) is 17.6 Å². The highest BCUT2D eigenvalue weighted by molar-refractivity contribution is 5.67. The zero-order valence-electron chi connectivity index (χ0n) is 15.7. The third kappa shape index (κ3) is 11.4. The van der Waals surface area contributed by atoms with Crippen LogP contribution in [0.2, 0.25) is 0 Å². The molecule has 4 N–H and O–H groups in total. The van der Waals surface area contributed by atoms with Crippen LogP contribution in [0.1, 0.15) is 65.7 Å². The molecule has 0 amide bonds. The fraction of sp³-hybridized carbons (Fsp3) is 0.889. The van der Waals surface area contributed by atoms with Crippen LogP contribution in [0.15, 0.2) is 0 Å². The number of hydrogen-bond acceptors (Lipinski definition) is 4. The van der Waals surface area contributed by atoms with Crippen molar-refractivity contribution in [3.8, 4) is 0 Å². The van der Waals surface area contributed by atoms with Gasteiger partial charge in [-0.25, -0.2) is 0 Å². The molecule has 0 aliphatic heterocycles. The summed E-state index contributed by atoms with van der Waals surface area (Å²) in [6, 6.07) is -0.272. The molecular weight excluding hydrogens is 308 g/mol. The molecule has 0 saturated carbocycles. The summed E-state index contributed by atoms with van der Waals surface area (Å²) in [5, 5.41) is 17.9. The highest BCUT2D eigenvalue weighted by Gasteiger charge is 2.21. The highest BCUT2D eigenvalue weighted by atomic mass is 16.4. The smallest absolute Gasteiger partial charge is 0.304 e. The van der Waals surface area contributed by atoms with E-state index in [4.69, 9.17) is 15.9 Å². The molecule has 0 aromatic rings.